The molecule has 0 aliphatic carbocycles. The van der Waals surface area contributed by atoms with Gasteiger partial charge in [0.25, 0.3) is 0 Å². The number of rotatable bonds is 4. The maximum atomic E-state index is 9.54. The fraction of sp³-hybridized carbons (Fsp3) is 0.538. The first-order valence-corrected chi connectivity index (χ1v) is 7.00. The van der Waals surface area contributed by atoms with Crippen LogP contribution in [0.15, 0.2) is 24.3 Å². The lowest BCUT2D eigenvalue weighted by Gasteiger charge is -2.36. The number of aliphatic hydroxyl groups is 1. The Hall–Kier alpha value is -0.170. The molecule has 17 heavy (non-hydrogen) atoms. The second-order valence-corrected chi connectivity index (χ2v) is 5.78. The van der Waals surface area contributed by atoms with Gasteiger partial charge in [0.2, 0.25) is 0 Å². The SMILES string of the molecule is OCC1(NCc2ccc(I)cc2)CCOCC1. The predicted octanol–water partition coefficient (Wildman–Crippen LogP) is 1.92. The van der Waals surface area contributed by atoms with Crippen LogP contribution in [-0.4, -0.2) is 30.5 Å². The second kappa shape index (κ2) is 6.13. The van der Waals surface area contributed by atoms with E-state index >= 15 is 0 Å². The van der Waals surface area contributed by atoms with Gasteiger partial charge in [-0.2, -0.15) is 0 Å². The van der Waals surface area contributed by atoms with Crippen molar-refractivity contribution in [1.82, 2.24) is 5.32 Å². The van der Waals surface area contributed by atoms with Gasteiger partial charge in [-0.3, -0.25) is 0 Å². The van der Waals surface area contributed by atoms with E-state index in [9.17, 15) is 5.11 Å². The lowest BCUT2D eigenvalue weighted by Crippen LogP contribution is -2.51. The summed E-state index contributed by atoms with van der Waals surface area (Å²) < 4.78 is 6.59. The van der Waals surface area contributed by atoms with Gasteiger partial charge in [0.05, 0.1) is 6.61 Å². The minimum Gasteiger partial charge on any atom is -0.394 e. The van der Waals surface area contributed by atoms with Gasteiger partial charge in [-0.05, 0) is 53.1 Å². The molecular formula is C13H18INO2. The largest absolute Gasteiger partial charge is 0.394 e. The molecule has 3 nitrogen and oxygen atoms in total. The highest BCUT2D eigenvalue weighted by atomic mass is 127. The van der Waals surface area contributed by atoms with E-state index in [2.05, 4.69) is 52.2 Å². The minimum absolute atomic E-state index is 0.152. The molecule has 0 spiro atoms. The number of ether oxygens (including phenoxy) is 1. The second-order valence-electron chi connectivity index (χ2n) is 4.53. The van der Waals surface area contributed by atoms with Crippen LogP contribution in [0.25, 0.3) is 0 Å². The number of nitrogens with one attached hydrogen (secondary N) is 1. The van der Waals surface area contributed by atoms with Crippen molar-refractivity contribution in [2.45, 2.75) is 24.9 Å². The van der Waals surface area contributed by atoms with Gasteiger partial charge in [-0.15, -0.1) is 0 Å². The maximum absolute atomic E-state index is 9.54. The summed E-state index contributed by atoms with van der Waals surface area (Å²) in [6.07, 6.45) is 1.77. The first kappa shape index (κ1) is 13.3. The third kappa shape index (κ3) is 3.64. The van der Waals surface area contributed by atoms with Gasteiger partial charge in [0.15, 0.2) is 0 Å². The van der Waals surface area contributed by atoms with Crippen molar-refractivity contribution in [1.29, 1.82) is 0 Å². The highest BCUT2D eigenvalue weighted by Gasteiger charge is 2.31. The van der Waals surface area contributed by atoms with E-state index in [1.807, 2.05) is 0 Å². The third-order valence-corrected chi connectivity index (χ3v) is 4.05. The number of hydrogen-bond acceptors (Lipinski definition) is 3. The Kier molecular flexibility index (Phi) is 4.78. The van der Waals surface area contributed by atoms with E-state index in [4.69, 9.17) is 4.74 Å². The predicted molar refractivity (Wildman–Crippen MR) is 75.9 cm³/mol. The van der Waals surface area contributed by atoms with E-state index in [0.717, 1.165) is 32.6 Å². The third-order valence-electron chi connectivity index (χ3n) is 3.33. The molecule has 2 rings (SSSR count). The maximum Gasteiger partial charge on any atom is 0.0615 e. The lowest BCUT2D eigenvalue weighted by molar-refractivity contribution is 0.0112. The van der Waals surface area contributed by atoms with Crippen molar-refractivity contribution >= 4 is 22.6 Å². The van der Waals surface area contributed by atoms with E-state index in [1.165, 1.54) is 9.13 Å². The van der Waals surface area contributed by atoms with Crippen molar-refractivity contribution in [3.63, 3.8) is 0 Å². The fourth-order valence-corrected chi connectivity index (χ4v) is 2.40. The molecule has 1 aliphatic rings. The molecule has 0 amide bonds. The zero-order chi connectivity index (χ0) is 12.1. The van der Waals surface area contributed by atoms with Gasteiger partial charge in [0, 0.05) is 28.9 Å². The summed E-state index contributed by atoms with van der Waals surface area (Å²) in [5.74, 6) is 0. The quantitative estimate of drug-likeness (QED) is 0.818. The molecule has 0 radical (unpaired) electrons. The molecule has 0 bridgehead atoms. The fourth-order valence-electron chi connectivity index (χ4n) is 2.04. The van der Waals surface area contributed by atoms with Crippen molar-refractivity contribution in [3.8, 4) is 0 Å². The first-order chi connectivity index (χ1) is 8.24. The summed E-state index contributed by atoms with van der Waals surface area (Å²) >= 11 is 2.30. The topological polar surface area (TPSA) is 41.5 Å². The first-order valence-electron chi connectivity index (χ1n) is 5.92. The van der Waals surface area contributed by atoms with Crippen LogP contribution in [0.1, 0.15) is 18.4 Å². The molecule has 1 aromatic rings. The number of hydrogen-bond donors (Lipinski definition) is 2. The molecule has 1 aromatic carbocycles. The number of halogens is 1. The van der Waals surface area contributed by atoms with E-state index in [-0.39, 0.29) is 12.1 Å². The summed E-state index contributed by atoms with van der Waals surface area (Å²) in [5, 5.41) is 13.0. The Morgan fingerprint density at radius 1 is 1.24 bits per heavy atom. The monoisotopic (exact) mass is 347 g/mol. The highest BCUT2D eigenvalue weighted by molar-refractivity contribution is 14.1. The zero-order valence-corrected chi connectivity index (χ0v) is 11.9. The number of aliphatic hydroxyl groups excluding tert-OH is 1. The van der Waals surface area contributed by atoms with Crippen molar-refractivity contribution in [2.24, 2.45) is 0 Å². The van der Waals surface area contributed by atoms with Crippen LogP contribution in [0.4, 0.5) is 0 Å². The van der Waals surface area contributed by atoms with Crippen molar-refractivity contribution < 1.29 is 9.84 Å². The Labute approximate surface area is 116 Å². The van der Waals surface area contributed by atoms with Gasteiger partial charge in [-0.25, -0.2) is 0 Å². The molecule has 0 atom stereocenters. The molecule has 0 unspecified atom stereocenters. The Morgan fingerprint density at radius 3 is 2.47 bits per heavy atom. The Morgan fingerprint density at radius 2 is 1.88 bits per heavy atom. The molecule has 1 heterocycles. The normalized spacial score (nSPS) is 19.2. The average Bonchev–Trinajstić information content (AvgIpc) is 2.39. The molecule has 4 heteroatoms. The molecule has 0 saturated carbocycles. The van der Waals surface area contributed by atoms with Crippen LogP contribution >= 0.6 is 22.6 Å². The smallest absolute Gasteiger partial charge is 0.0615 e. The van der Waals surface area contributed by atoms with Gasteiger partial charge in [0.1, 0.15) is 0 Å². The Balaban J connectivity index is 1.93. The summed E-state index contributed by atoms with van der Waals surface area (Å²) in [5.41, 5.74) is 1.10. The van der Waals surface area contributed by atoms with E-state index in [0.29, 0.717) is 0 Å². The summed E-state index contributed by atoms with van der Waals surface area (Å²) in [6.45, 7) is 2.46. The van der Waals surface area contributed by atoms with Crippen LogP contribution in [0.3, 0.4) is 0 Å². The molecule has 94 valence electrons. The molecule has 1 fully saturated rings. The van der Waals surface area contributed by atoms with Crippen LogP contribution in [-0.2, 0) is 11.3 Å². The van der Waals surface area contributed by atoms with Gasteiger partial charge >= 0.3 is 0 Å². The summed E-state index contributed by atoms with van der Waals surface area (Å²) in [6, 6.07) is 8.46. The van der Waals surface area contributed by atoms with Gasteiger partial charge in [-0.1, -0.05) is 12.1 Å². The van der Waals surface area contributed by atoms with Gasteiger partial charge < -0.3 is 15.2 Å². The number of benzene rings is 1. The van der Waals surface area contributed by atoms with E-state index in [1.54, 1.807) is 0 Å². The van der Waals surface area contributed by atoms with Crippen molar-refractivity contribution in [3.05, 3.63) is 33.4 Å². The zero-order valence-electron chi connectivity index (χ0n) is 9.79. The minimum atomic E-state index is -0.152. The standard InChI is InChI=1S/C13H18INO2/c14-12-3-1-11(2-4-12)9-15-13(10-16)5-7-17-8-6-13/h1-4,15-16H,5-10H2. The molecule has 2 N–H and O–H groups in total. The molecule has 1 aliphatic heterocycles. The van der Waals surface area contributed by atoms with Crippen LogP contribution in [0.2, 0.25) is 0 Å². The summed E-state index contributed by atoms with van der Waals surface area (Å²) in [7, 11) is 0. The van der Waals surface area contributed by atoms with Crippen molar-refractivity contribution in [2.75, 3.05) is 19.8 Å². The lowest BCUT2D eigenvalue weighted by atomic mass is 9.91. The van der Waals surface area contributed by atoms with E-state index < -0.39 is 0 Å². The van der Waals surface area contributed by atoms with Crippen LogP contribution in [0.5, 0.6) is 0 Å². The highest BCUT2D eigenvalue weighted by Crippen LogP contribution is 2.20. The molecule has 1 saturated heterocycles. The molecular weight excluding hydrogens is 329 g/mol. The average molecular weight is 347 g/mol. The molecule has 0 aromatic heterocycles. The van der Waals surface area contributed by atoms with Crippen LogP contribution in [0, 0.1) is 3.57 Å². The summed E-state index contributed by atoms with van der Waals surface area (Å²) in [4.78, 5) is 0. The Bertz CT molecular complexity index is 347. The van der Waals surface area contributed by atoms with Crippen LogP contribution < -0.4 is 5.32 Å².